The quantitative estimate of drug-likeness (QED) is 0.565. The van der Waals surface area contributed by atoms with Gasteiger partial charge < -0.3 is 10.1 Å². The number of likely N-dealkylation sites (N-methyl/N-ethyl adjacent to an activating group) is 1. The molecule has 1 rings (SSSR count). The lowest BCUT2D eigenvalue weighted by atomic mass is 9.95. The summed E-state index contributed by atoms with van der Waals surface area (Å²) in [6.07, 6.45) is -0.383. The maximum atomic E-state index is 12.3. The third-order valence-corrected chi connectivity index (χ3v) is 5.02. The monoisotopic (exact) mass is 402 g/mol. The molecule has 1 amide bonds. The summed E-state index contributed by atoms with van der Waals surface area (Å²) in [5.74, 6) is -0.0341. The van der Waals surface area contributed by atoms with E-state index in [1.54, 1.807) is 6.92 Å². The highest BCUT2D eigenvalue weighted by atomic mass is 16.5. The third-order valence-electron chi connectivity index (χ3n) is 5.02. The lowest BCUT2D eigenvalue weighted by Crippen LogP contribution is -2.38. The van der Waals surface area contributed by atoms with Crippen LogP contribution in [0, 0.1) is 5.92 Å². The van der Waals surface area contributed by atoms with Gasteiger partial charge in [-0.3, -0.25) is 14.5 Å². The van der Waals surface area contributed by atoms with E-state index in [-0.39, 0.29) is 29.9 Å². The van der Waals surface area contributed by atoms with Crippen molar-refractivity contribution < 1.29 is 19.1 Å². The van der Waals surface area contributed by atoms with Crippen molar-refractivity contribution in [3.63, 3.8) is 0 Å². The van der Waals surface area contributed by atoms with Crippen LogP contribution in [0.15, 0.2) is 36.4 Å². The Hall–Kier alpha value is -2.47. The zero-order valence-corrected chi connectivity index (χ0v) is 18.5. The average Bonchev–Trinajstić information content (AvgIpc) is 2.70. The Balaban J connectivity index is 3.09. The van der Waals surface area contributed by atoms with Gasteiger partial charge in [0.2, 0.25) is 0 Å². The molecule has 1 aromatic rings. The van der Waals surface area contributed by atoms with E-state index < -0.39 is 12.1 Å². The molecule has 1 aromatic carbocycles. The van der Waals surface area contributed by atoms with Crippen molar-refractivity contribution in [2.45, 2.75) is 59.7 Å². The van der Waals surface area contributed by atoms with E-state index in [9.17, 15) is 14.4 Å². The van der Waals surface area contributed by atoms with Crippen LogP contribution < -0.4 is 5.32 Å². The molecule has 0 aliphatic heterocycles. The fourth-order valence-corrected chi connectivity index (χ4v) is 3.08. The van der Waals surface area contributed by atoms with Crippen LogP contribution in [-0.4, -0.2) is 42.3 Å². The molecule has 29 heavy (non-hydrogen) atoms. The second-order valence-electron chi connectivity index (χ2n) is 7.64. The molecule has 0 saturated heterocycles. The van der Waals surface area contributed by atoms with Crippen LogP contribution in [0.25, 0.3) is 0 Å². The van der Waals surface area contributed by atoms with Crippen LogP contribution in [0.5, 0.6) is 0 Å². The number of hydrogen-bond donors (Lipinski definition) is 1. The minimum atomic E-state index is -0.576. The number of methoxy groups -OCH3 is 1. The van der Waals surface area contributed by atoms with E-state index in [0.717, 1.165) is 11.1 Å². The van der Waals surface area contributed by atoms with Crippen LogP contribution >= 0.6 is 0 Å². The molecule has 6 heteroatoms. The SMILES string of the molecule is C=C(C)C(=O)C(C)N(CC)Cc1cccc(C(CC(=O)C(C)C)NC(=O)OC)c1. The normalized spacial score (nSPS) is 13.1. The number of ketones is 2. The van der Waals surface area contributed by atoms with Gasteiger partial charge in [0.25, 0.3) is 0 Å². The molecule has 2 unspecified atom stereocenters. The minimum Gasteiger partial charge on any atom is -0.453 e. The number of carbonyl (C=O) groups excluding carboxylic acids is 3. The standard InChI is InChI=1S/C23H34N2O4/c1-8-25(17(6)22(27)16(4)5)14-18-10-9-11-19(12-18)20(24-23(28)29-7)13-21(26)15(2)3/h9-12,15,17,20H,4,8,13-14H2,1-3,5-7H3,(H,24,28). The summed E-state index contributed by atoms with van der Waals surface area (Å²) >= 11 is 0. The van der Waals surface area contributed by atoms with Crippen LogP contribution in [0.2, 0.25) is 0 Å². The topological polar surface area (TPSA) is 75.7 Å². The lowest BCUT2D eigenvalue weighted by molar-refractivity contribution is -0.122. The molecule has 0 saturated carbocycles. The van der Waals surface area contributed by atoms with Gasteiger partial charge in [-0.05, 0) is 37.1 Å². The Morgan fingerprint density at radius 1 is 1.21 bits per heavy atom. The Morgan fingerprint density at radius 3 is 2.38 bits per heavy atom. The smallest absolute Gasteiger partial charge is 0.407 e. The number of rotatable bonds is 11. The van der Waals surface area contributed by atoms with Crippen molar-refractivity contribution >= 4 is 17.7 Å². The van der Waals surface area contributed by atoms with Gasteiger partial charge in [0.1, 0.15) is 5.78 Å². The number of Topliss-reactive ketones (excluding diaryl/α,β-unsaturated/α-hetero) is 2. The van der Waals surface area contributed by atoms with Crippen molar-refractivity contribution in [3.8, 4) is 0 Å². The average molecular weight is 403 g/mol. The Bertz CT molecular complexity index is 742. The summed E-state index contributed by atoms with van der Waals surface area (Å²) < 4.78 is 4.72. The maximum absolute atomic E-state index is 12.3. The molecule has 0 aromatic heterocycles. The lowest BCUT2D eigenvalue weighted by Gasteiger charge is -2.27. The zero-order chi connectivity index (χ0) is 22.1. The number of amides is 1. The van der Waals surface area contributed by atoms with Crippen molar-refractivity contribution in [1.29, 1.82) is 0 Å². The van der Waals surface area contributed by atoms with Crippen LogP contribution in [0.3, 0.4) is 0 Å². The summed E-state index contributed by atoms with van der Waals surface area (Å²) in [4.78, 5) is 38.4. The Labute approximate surface area is 174 Å². The van der Waals surface area contributed by atoms with E-state index in [1.807, 2.05) is 52.0 Å². The van der Waals surface area contributed by atoms with E-state index >= 15 is 0 Å². The molecular formula is C23H34N2O4. The fourth-order valence-electron chi connectivity index (χ4n) is 3.08. The van der Waals surface area contributed by atoms with Gasteiger partial charge in [0.05, 0.1) is 19.2 Å². The zero-order valence-electron chi connectivity index (χ0n) is 18.5. The molecule has 2 atom stereocenters. The van der Waals surface area contributed by atoms with Crippen molar-refractivity contribution in [2.24, 2.45) is 5.92 Å². The summed E-state index contributed by atoms with van der Waals surface area (Å²) in [6, 6.07) is 6.99. The highest BCUT2D eigenvalue weighted by Crippen LogP contribution is 2.22. The first-order valence-corrected chi connectivity index (χ1v) is 10.00. The predicted octanol–water partition coefficient (Wildman–Crippen LogP) is 4.05. The van der Waals surface area contributed by atoms with Crippen LogP contribution in [0.4, 0.5) is 4.79 Å². The molecule has 0 aliphatic rings. The number of benzene rings is 1. The number of nitrogens with zero attached hydrogens (tertiary/aromatic N) is 1. The Kier molecular flexibility index (Phi) is 9.75. The van der Waals surface area contributed by atoms with E-state index in [2.05, 4.69) is 16.8 Å². The van der Waals surface area contributed by atoms with E-state index in [0.29, 0.717) is 18.7 Å². The van der Waals surface area contributed by atoms with Gasteiger partial charge in [0, 0.05) is 18.9 Å². The first-order valence-electron chi connectivity index (χ1n) is 10.00. The van der Waals surface area contributed by atoms with Gasteiger partial charge in [0.15, 0.2) is 5.78 Å². The fraction of sp³-hybridized carbons (Fsp3) is 0.522. The second kappa shape index (κ2) is 11.5. The number of alkyl carbamates (subject to hydrolysis) is 1. The molecule has 0 heterocycles. The largest absolute Gasteiger partial charge is 0.453 e. The van der Waals surface area contributed by atoms with Crippen LogP contribution in [0.1, 0.15) is 58.2 Å². The van der Waals surface area contributed by atoms with E-state index in [4.69, 9.17) is 4.74 Å². The summed E-state index contributed by atoms with van der Waals surface area (Å²) in [6.45, 7) is 14.3. The number of hydrogen-bond acceptors (Lipinski definition) is 5. The predicted molar refractivity (Wildman–Crippen MR) is 115 cm³/mol. The van der Waals surface area contributed by atoms with Gasteiger partial charge in [-0.15, -0.1) is 0 Å². The van der Waals surface area contributed by atoms with Crippen molar-refractivity contribution in [3.05, 3.63) is 47.5 Å². The van der Waals surface area contributed by atoms with Crippen molar-refractivity contribution in [1.82, 2.24) is 10.2 Å². The molecule has 1 N–H and O–H groups in total. The summed E-state index contributed by atoms with van der Waals surface area (Å²) in [5.41, 5.74) is 2.37. The second-order valence-corrected chi connectivity index (χ2v) is 7.64. The Morgan fingerprint density at radius 2 is 1.86 bits per heavy atom. The maximum Gasteiger partial charge on any atom is 0.407 e. The molecule has 6 nitrogen and oxygen atoms in total. The molecule has 0 fully saturated rings. The van der Waals surface area contributed by atoms with Gasteiger partial charge in [-0.1, -0.05) is 51.6 Å². The van der Waals surface area contributed by atoms with E-state index in [1.165, 1.54) is 7.11 Å². The molecule has 0 bridgehead atoms. The summed E-state index contributed by atoms with van der Waals surface area (Å²) in [5, 5.41) is 2.76. The van der Waals surface area contributed by atoms with Crippen LogP contribution in [-0.2, 0) is 20.9 Å². The minimum absolute atomic E-state index is 0.0239. The van der Waals surface area contributed by atoms with Gasteiger partial charge in [-0.2, -0.15) is 0 Å². The first kappa shape index (κ1) is 24.6. The molecule has 0 spiro atoms. The summed E-state index contributed by atoms with van der Waals surface area (Å²) in [7, 11) is 1.30. The molecular weight excluding hydrogens is 368 g/mol. The molecule has 160 valence electrons. The molecule has 0 aliphatic carbocycles. The number of nitrogens with one attached hydrogen (secondary N) is 1. The van der Waals surface area contributed by atoms with Gasteiger partial charge in [-0.25, -0.2) is 4.79 Å². The number of ether oxygens (including phenoxy) is 1. The first-order chi connectivity index (χ1) is 13.6. The van der Waals surface area contributed by atoms with Crippen molar-refractivity contribution in [2.75, 3.05) is 13.7 Å². The third kappa shape index (κ3) is 7.46. The van der Waals surface area contributed by atoms with Gasteiger partial charge >= 0.3 is 6.09 Å². The highest BCUT2D eigenvalue weighted by Gasteiger charge is 2.23. The molecule has 0 radical (unpaired) electrons. The number of carbonyl (C=O) groups is 3. The highest BCUT2D eigenvalue weighted by molar-refractivity contribution is 5.98.